The molecule has 1 aromatic heterocycles. The van der Waals surface area contributed by atoms with Crippen molar-refractivity contribution in [2.45, 2.75) is 44.8 Å². The first-order valence-electron chi connectivity index (χ1n) is 14.8. The molecule has 2 aliphatic heterocycles. The van der Waals surface area contributed by atoms with Crippen LogP contribution in [0.2, 0.25) is 5.02 Å². The molecule has 3 aromatic carbocycles. The van der Waals surface area contributed by atoms with Crippen LogP contribution < -0.4 is 5.84 Å². The number of likely N-dealkylation sites (tertiary alicyclic amines) is 1. The summed E-state index contributed by atoms with van der Waals surface area (Å²) in [5.41, 5.74) is 3.36. The summed E-state index contributed by atoms with van der Waals surface area (Å²) in [5, 5.41) is 0.696. The summed E-state index contributed by atoms with van der Waals surface area (Å²) in [4.78, 5) is 46.2. The molecular formula is C34H36ClN5O3. The predicted octanol–water partition coefficient (Wildman–Crippen LogP) is 5.14. The Morgan fingerprint density at radius 3 is 2.05 bits per heavy atom. The molecule has 2 amide bonds. The number of hydrogen-bond donors (Lipinski definition) is 1. The van der Waals surface area contributed by atoms with Gasteiger partial charge in [0.05, 0.1) is 27.7 Å². The Morgan fingerprint density at radius 2 is 1.44 bits per heavy atom. The molecule has 0 saturated carbocycles. The molecule has 2 fully saturated rings. The summed E-state index contributed by atoms with van der Waals surface area (Å²) in [6.45, 7) is 6.50. The van der Waals surface area contributed by atoms with Crippen LogP contribution in [0.4, 0.5) is 0 Å². The van der Waals surface area contributed by atoms with Crippen molar-refractivity contribution >= 4 is 40.1 Å². The van der Waals surface area contributed by atoms with E-state index in [1.165, 1.54) is 22.0 Å². The number of nitrogens with two attached hydrogens (primary N) is 1. The van der Waals surface area contributed by atoms with E-state index in [0.717, 1.165) is 12.8 Å². The lowest BCUT2D eigenvalue weighted by Gasteiger charge is -2.47. The van der Waals surface area contributed by atoms with Gasteiger partial charge >= 0.3 is 0 Å². The molecule has 2 N–H and O–H groups in total. The van der Waals surface area contributed by atoms with Crippen LogP contribution in [0.3, 0.4) is 0 Å². The van der Waals surface area contributed by atoms with E-state index >= 15 is 0 Å². The Hall–Kier alpha value is -4.14. The molecule has 2 aliphatic rings. The first-order valence-corrected chi connectivity index (χ1v) is 15.2. The standard InChI is InChI=1S/C34H36ClN5O3/c1-22-20-39(23(2)19-38(22)31(24-11-5-3-6-12-24)25-13-7-4-8-14-25)33(42)27-17-26-28(21-40(36)30(26)18-29(27)35)32(41)34(43)37-15-9-10-16-37/h3-8,11-14,17-18,21-23,31H,9-10,15-16,19-20,36H2,1-2H3/t22-,23+/m0/s1. The maximum atomic E-state index is 14.1. The quantitative estimate of drug-likeness (QED) is 0.189. The van der Waals surface area contributed by atoms with Crippen LogP contribution >= 0.6 is 11.6 Å². The number of hydrogen-bond acceptors (Lipinski definition) is 5. The van der Waals surface area contributed by atoms with E-state index in [2.05, 4.69) is 67.3 Å². The number of aromatic nitrogens is 1. The maximum Gasteiger partial charge on any atom is 0.295 e. The van der Waals surface area contributed by atoms with E-state index < -0.39 is 11.7 Å². The van der Waals surface area contributed by atoms with Crippen LogP contribution in [-0.2, 0) is 4.79 Å². The van der Waals surface area contributed by atoms with E-state index in [1.807, 2.05) is 17.0 Å². The van der Waals surface area contributed by atoms with Crippen molar-refractivity contribution in [1.82, 2.24) is 19.4 Å². The Kier molecular flexibility index (Phi) is 7.99. The lowest BCUT2D eigenvalue weighted by molar-refractivity contribution is -0.125. The van der Waals surface area contributed by atoms with Crippen molar-refractivity contribution in [2.24, 2.45) is 0 Å². The van der Waals surface area contributed by atoms with Crippen LogP contribution in [0.25, 0.3) is 10.9 Å². The summed E-state index contributed by atoms with van der Waals surface area (Å²) >= 11 is 6.68. The number of ketones is 1. The molecule has 43 heavy (non-hydrogen) atoms. The Bertz CT molecular complexity index is 1630. The Labute approximate surface area is 256 Å². The minimum atomic E-state index is -0.625. The van der Waals surface area contributed by atoms with Gasteiger partial charge in [0, 0.05) is 49.8 Å². The third-order valence-electron chi connectivity index (χ3n) is 8.84. The number of nitrogens with zero attached hydrogens (tertiary/aromatic N) is 4. The fraction of sp³-hybridized carbons (Fsp3) is 0.324. The number of Topliss-reactive ketones (excluding diaryl/α,β-unsaturated/α-hetero) is 1. The van der Waals surface area contributed by atoms with Gasteiger partial charge in [0.25, 0.3) is 17.6 Å². The third-order valence-corrected chi connectivity index (χ3v) is 9.15. The Balaban J connectivity index is 1.29. The predicted molar refractivity (Wildman–Crippen MR) is 169 cm³/mol. The average molecular weight is 598 g/mol. The van der Waals surface area contributed by atoms with E-state index in [-0.39, 0.29) is 34.6 Å². The maximum absolute atomic E-state index is 14.1. The van der Waals surface area contributed by atoms with Gasteiger partial charge in [0.1, 0.15) is 0 Å². The fourth-order valence-corrected chi connectivity index (χ4v) is 6.83. The molecule has 6 rings (SSSR count). The zero-order valence-corrected chi connectivity index (χ0v) is 25.2. The van der Waals surface area contributed by atoms with Gasteiger partial charge < -0.3 is 15.6 Å². The lowest BCUT2D eigenvalue weighted by atomic mass is 9.93. The van der Waals surface area contributed by atoms with E-state index in [1.54, 1.807) is 17.0 Å². The third kappa shape index (κ3) is 5.41. The highest BCUT2D eigenvalue weighted by molar-refractivity contribution is 6.45. The average Bonchev–Trinajstić information content (AvgIpc) is 3.67. The first kappa shape index (κ1) is 29.0. The molecule has 3 heterocycles. The van der Waals surface area contributed by atoms with Crippen molar-refractivity contribution in [1.29, 1.82) is 0 Å². The summed E-state index contributed by atoms with van der Waals surface area (Å²) in [6, 6.07) is 24.1. The SMILES string of the molecule is C[C@@H]1CN(C(c2ccccc2)c2ccccc2)[C@@H](C)CN1C(=O)c1cc2c(C(=O)C(=O)N3CCCC3)cn(N)c2cc1Cl. The summed E-state index contributed by atoms with van der Waals surface area (Å²) < 4.78 is 1.29. The second-order valence-electron chi connectivity index (χ2n) is 11.7. The summed E-state index contributed by atoms with van der Waals surface area (Å²) in [7, 11) is 0. The second kappa shape index (κ2) is 11.9. The molecule has 4 aromatic rings. The van der Waals surface area contributed by atoms with Crippen molar-refractivity contribution in [3.05, 3.63) is 106 Å². The number of benzene rings is 3. The van der Waals surface area contributed by atoms with Gasteiger partial charge in [-0.25, -0.2) is 0 Å². The number of piperazine rings is 1. The van der Waals surface area contributed by atoms with Crippen molar-refractivity contribution in [3.63, 3.8) is 0 Å². The number of carbonyl (C=O) groups is 3. The smallest absolute Gasteiger partial charge is 0.295 e. The normalized spacial score (nSPS) is 19.3. The highest BCUT2D eigenvalue weighted by Crippen LogP contribution is 2.35. The van der Waals surface area contributed by atoms with Gasteiger partial charge in [0.15, 0.2) is 0 Å². The monoisotopic (exact) mass is 597 g/mol. The van der Waals surface area contributed by atoms with Gasteiger partial charge in [-0.3, -0.25) is 24.0 Å². The highest BCUT2D eigenvalue weighted by atomic mass is 35.5. The van der Waals surface area contributed by atoms with Crippen LogP contribution in [0, 0.1) is 0 Å². The molecule has 0 spiro atoms. The minimum absolute atomic E-state index is 0.0445. The van der Waals surface area contributed by atoms with Gasteiger partial charge in [-0.05, 0) is 49.9 Å². The van der Waals surface area contributed by atoms with Crippen molar-refractivity contribution in [3.8, 4) is 0 Å². The summed E-state index contributed by atoms with van der Waals surface area (Å²) in [6.07, 6.45) is 3.21. The Morgan fingerprint density at radius 1 is 0.837 bits per heavy atom. The molecular weight excluding hydrogens is 562 g/mol. The number of nitrogen functional groups attached to an aromatic ring is 1. The van der Waals surface area contributed by atoms with Gasteiger partial charge in [0.2, 0.25) is 0 Å². The van der Waals surface area contributed by atoms with Crippen LogP contribution in [-0.4, -0.2) is 75.2 Å². The fourth-order valence-electron chi connectivity index (χ4n) is 6.59. The molecule has 2 atom stereocenters. The zero-order chi connectivity index (χ0) is 30.2. The van der Waals surface area contributed by atoms with Gasteiger partial charge in [-0.2, -0.15) is 0 Å². The van der Waals surface area contributed by atoms with Crippen LogP contribution in [0.1, 0.15) is 64.6 Å². The zero-order valence-electron chi connectivity index (χ0n) is 24.4. The number of rotatable bonds is 6. The van der Waals surface area contributed by atoms with E-state index in [0.29, 0.717) is 42.6 Å². The van der Waals surface area contributed by atoms with E-state index in [9.17, 15) is 14.4 Å². The molecule has 0 radical (unpaired) electrons. The molecule has 222 valence electrons. The largest absolute Gasteiger partial charge is 0.339 e. The lowest BCUT2D eigenvalue weighted by Crippen LogP contribution is -2.58. The molecule has 0 aliphatic carbocycles. The molecule has 9 heteroatoms. The minimum Gasteiger partial charge on any atom is -0.339 e. The van der Waals surface area contributed by atoms with Gasteiger partial charge in [-0.15, -0.1) is 0 Å². The number of carbonyl (C=O) groups excluding carboxylic acids is 3. The molecule has 0 unspecified atom stereocenters. The molecule has 2 saturated heterocycles. The molecule has 0 bridgehead atoms. The first-order chi connectivity index (χ1) is 20.7. The van der Waals surface area contributed by atoms with Crippen molar-refractivity contribution < 1.29 is 14.4 Å². The van der Waals surface area contributed by atoms with Crippen molar-refractivity contribution in [2.75, 3.05) is 32.0 Å². The van der Waals surface area contributed by atoms with Crippen LogP contribution in [0.15, 0.2) is 79.0 Å². The van der Waals surface area contributed by atoms with E-state index in [4.69, 9.17) is 17.4 Å². The number of amides is 2. The molecule has 8 nitrogen and oxygen atoms in total. The van der Waals surface area contributed by atoms with Crippen LogP contribution in [0.5, 0.6) is 0 Å². The second-order valence-corrected chi connectivity index (χ2v) is 12.1. The highest BCUT2D eigenvalue weighted by Gasteiger charge is 2.38. The number of halogens is 1. The van der Waals surface area contributed by atoms with Gasteiger partial charge in [-0.1, -0.05) is 72.3 Å². The topological polar surface area (TPSA) is 91.9 Å². The summed E-state index contributed by atoms with van der Waals surface area (Å²) in [5.74, 6) is 4.79. The number of fused-ring (bicyclic) bond motifs is 1.